The summed E-state index contributed by atoms with van der Waals surface area (Å²) < 4.78 is 39.7. The van der Waals surface area contributed by atoms with Gasteiger partial charge < -0.3 is 35.0 Å². The molecule has 0 spiro atoms. The molecule has 4 heterocycles. The summed E-state index contributed by atoms with van der Waals surface area (Å²) in [6, 6.07) is 5.23. The Labute approximate surface area is 321 Å². The van der Waals surface area contributed by atoms with Crippen molar-refractivity contribution in [3.8, 4) is 11.6 Å². The molecule has 0 unspecified atom stereocenters. The second-order valence-corrected chi connectivity index (χ2v) is 18.7. The number of carbonyl (C=O) groups is 4. The molecule has 298 valence electrons. The van der Waals surface area contributed by atoms with E-state index in [0.29, 0.717) is 42.7 Å². The molecule has 3 aliphatic heterocycles. The van der Waals surface area contributed by atoms with E-state index >= 15 is 0 Å². The van der Waals surface area contributed by atoms with Gasteiger partial charge in [0, 0.05) is 30.8 Å². The quantitative estimate of drug-likeness (QED) is 0.285. The lowest BCUT2D eigenvalue weighted by Crippen LogP contribution is -2.59. The van der Waals surface area contributed by atoms with Crippen molar-refractivity contribution < 1.29 is 42.2 Å². The molecule has 1 aromatic carbocycles. The van der Waals surface area contributed by atoms with Crippen molar-refractivity contribution in [1.82, 2.24) is 25.2 Å². The van der Waals surface area contributed by atoms with E-state index in [0.717, 1.165) is 43.6 Å². The molecule has 4 N–H and O–H groups in total. The Morgan fingerprint density at radius 3 is 2.53 bits per heavy atom. The molecule has 15 nitrogen and oxygen atoms in total. The van der Waals surface area contributed by atoms with Gasteiger partial charge in [0.05, 0.1) is 18.4 Å². The Morgan fingerprint density at radius 1 is 1.09 bits per heavy atom. The highest BCUT2D eigenvalue weighted by atomic mass is 32.2. The van der Waals surface area contributed by atoms with Crippen molar-refractivity contribution in [2.75, 3.05) is 31.6 Å². The molecular weight excluding hydrogens is 729 g/mol. The molecule has 7 rings (SSSR count). The van der Waals surface area contributed by atoms with E-state index in [1.54, 1.807) is 20.1 Å². The Balaban J connectivity index is 1.23. The molecular formula is C39H52N6O9S. The van der Waals surface area contributed by atoms with E-state index in [-0.39, 0.29) is 25.3 Å². The maximum absolute atomic E-state index is 14.5. The fourth-order valence-corrected chi connectivity index (χ4v) is 9.72. The molecule has 2 aliphatic carbocycles. The van der Waals surface area contributed by atoms with Gasteiger partial charge in [-0.1, -0.05) is 26.0 Å². The number of fused-ring (bicyclic) bond motifs is 3. The van der Waals surface area contributed by atoms with Gasteiger partial charge in [-0.15, -0.1) is 0 Å². The van der Waals surface area contributed by atoms with Crippen molar-refractivity contribution in [1.29, 1.82) is 0 Å². The fraction of sp³-hybridized carbons (Fsp3) is 0.615. The first kappa shape index (κ1) is 38.7. The zero-order valence-corrected chi connectivity index (χ0v) is 32.7. The van der Waals surface area contributed by atoms with Gasteiger partial charge in [-0.05, 0) is 99.8 Å². The van der Waals surface area contributed by atoms with Gasteiger partial charge in [0.2, 0.25) is 27.7 Å². The summed E-state index contributed by atoms with van der Waals surface area (Å²) in [4.78, 5) is 63.4. The van der Waals surface area contributed by atoms with Crippen LogP contribution in [0.15, 0.2) is 36.4 Å². The van der Waals surface area contributed by atoms with Gasteiger partial charge in [-0.25, -0.2) is 13.2 Å². The number of nitrogens with zero attached hydrogens (tertiary/aromatic N) is 3. The number of rotatable bonds is 8. The minimum absolute atomic E-state index is 0.0179. The number of sulfonamides is 1. The van der Waals surface area contributed by atoms with E-state index < -0.39 is 74.1 Å². The number of benzene rings is 1. The molecule has 7 atom stereocenters. The molecule has 2 saturated carbocycles. The molecule has 4 amide bonds. The van der Waals surface area contributed by atoms with E-state index in [2.05, 4.69) is 20.3 Å². The largest absolute Gasteiger partial charge is 0.497 e. The van der Waals surface area contributed by atoms with Crippen LogP contribution < -0.4 is 29.7 Å². The summed E-state index contributed by atoms with van der Waals surface area (Å²) in [5.74, 6) is -1.06. The maximum atomic E-state index is 14.5. The molecule has 5 aliphatic rings. The number of hydrogen-bond acceptors (Lipinski definition) is 10. The predicted molar refractivity (Wildman–Crippen MR) is 204 cm³/mol. The predicted octanol–water partition coefficient (Wildman–Crippen LogP) is 3.71. The van der Waals surface area contributed by atoms with Crippen molar-refractivity contribution in [3.63, 3.8) is 0 Å². The first-order valence-electron chi connectivity index (χ1n) is 19.4. The van der Waals surface area contributed by atoms with Gasteiger partial charge in [0.25, 0.3) is 5.91 Å². The monoisotopic (exact) mass is 780 g/mol. The summed E-state index contributed by atoms with van der Waals surface area (Å²) in [6.45, 7) is 7.08. The van der Waals surface area contributed by atoms with Gasteiger partial charge in [0.15, 0.2) is 0 Å². The average Bonchev–Trinajstić information content (AvgIpc) is 3.89. The highest BCUT2D eigenvalue weighted by Crippen LogP contribution is 2.48. The minimum Gasteiger partial charge on any atom is -0.497 e. The third-order valence-electron chi connectivity index (χ3n) is 12.2. The third kappa shape index (κ3) is 7.79. The van der Waals surface area contributed by atoms with Crippen molar-refractivity contribution >= 4 is 50.4 Å². The standard InChI is InChI=1S/C39H52N6O9S/c1-23-9-5-6-10-26-21-39(26,36(48)43-55(51,52)38(3)13-14-38)42-33(46)30-20-28(22-45(30)35(47)32(24(2)17-23)41-37(49)50)54-34-29-12-11-27(53-4)18-25(29)19-31(40-34)44-15-7-8-16-44/h6,10-12,18-19,23-24,26,28,30,32,41H,5,7-9,13-17,20-22H2,1-4H3,(H,42,46)(H,43,48)(H,49,50)/t23-,24+,26+,28+,30-,32-,39+/m0/s1. The normalized spacial score (nSPS) is 30.7. The van der Waals surface area contributed by atoms with Crippen LogP contribution in [-0.2, 0) is 24.4 Å². The van der Waals surface area contributed by atoms with Crippen LogP contribution in [0.4, 0.5) is 10.6 Å². The first-order valence-corrected chi connectivity index (χ1v) is 20.9. The molecule has 4 fully saturated rings. The lowest BCUT2D eigenvalue weighted by Gasteiger charge is -2.32. The van der Waals surface area contributed by atoms with Gasteiger partial charge in [-0.2, -0.15) is 4.98 Å². The summed E-state index contributed by atoms with van der Waals surface area (Å²) in [6.07, 6.45) is 6.78. The van der Waals surface area contributed by atoms with Crippen molar-refractivity contribution in [2.45, 2.75) is 107 Å². The zero-order valence-electron chi connectivity index (χ0n) is 31.9. The lowest BCUT2D eigenvalue weighted by atomic mass is 9.88. The second kappa shape index (κ2) is 14.8. The molecule has 0 radical (unpaired) electrons. The minimum atomic E-state index is -4.01. The van der Waals surface area contributed by atoms with Crippen LogP contribution in [0.2, 0.25) is 0 Å². The Kier molecular flexibility index (Phi) is 10.4. The van der Waals surface area contributed by atoms with Crippen LogP contribution >= 0.6 is 0 Å². The van der Waals surface area contributed by atoms with E-state index in [4.69, 9.17) is 14.5 Å². The van der Waals surface area contributed by atoms with E-state index in [9.17, 15) is 32.7 Å². The number of amides is 4. The smallest absolute Gasteiger partial charge is 0.405 e. The number of carboxylic acid groups (broad SMARTS) is 1. The van der Waals surface area contributed by atoms with Crippen LogP contribution in [0.1, 0.15) is 78.6 Å². The SMILES string of the molecule is COc1ccc2c(O[C@@H]3C[C@H]4C(=O)N[C@]5(C(=O)NS(=O)(=O)C6(C)CC6)C[C@H]5C=CCC[C@H](C)C[C@@H](C)[C@H](NC(=O)O)C(=O)N4C3)nc(N3CCCC3)cc2c1. The van der Waals surface area contributed by atoms with E-state index in [1.807, 2.05) is 44.2 Å². The van der Waals surface area contributed by atoms with Gasteiger partial charge >= 0.3 is 6.09 Å². The lowest BCUT2D eigenvalue weighted by molar-refractivity contribution is -0.142. The van der Waals surface area contributed by atoms with Crippen LogP contribution in [0.5, 0.6) is 11.6 Å². The maximum Gasteiger partial charge on any atom is 0.405 e. The van der Waals surface area contributed by atoms with Gasteiger partial charge in [0.1, 0.15) is 35.3 Å². The Hall–Kier alpha value is -4.60. The summed E-state index contributed by atoms with van der Waals surface area (Å²) in [5, 5.41) is 16.7. The third-order valence-corrected chi connectivity index (χ3v) is 14.4. The fourth-order valence-electron chi connectivity index (χ4n) is 8.40. The van der Waals surface area contributed by atoms with Crippen molar-refractivity contribution in [2.24, 2.45) is 17.8 Å². The van der Waals surface area contributed by atoms with Crippen LogP contribution in [0.25, 0.3) is 10.8 Å². The van der Waals surface area contributed by atoms with Crippen molar-refractivity contribution in [3.05, 3.63) is 36.4 Å². The number of pyridine rings is 1. The number of ether oxygens (including phenoxy) is 2. The molecule has 1 aromatic heterocycles. The first-order chi connectivity index (χ1) is 26.1. The van der Waals surface area contributed by atoms with Gasteiger partial charge in [-0.3, -0.25) is 19.1 Å². The van der Waals surface area contributed by atoms with E-state index in [1.165, 1.54) is 4.90 Å². The number of methoxy groups -OCH3 is 1. The average molecular weight is 781 g/mol. The number of carbonyl (C=O) groups excluding carboxylic acids is 3. The highest BCUT2D eigenvalue weighted by molar-refractivity contribution is 7.91. The zero-order chi connectivity index (χ0) is 39.3. The number of allylic oxidation sites excluding steroid dienone is 1. The number of aromatic nitrogens is 1. The Morgan fingerprint density at radius 2 is 1.84 bits per heavy atom. The topological polar surface area (TPSA) is 197 Å². The second-order valence-electron chi connectivity index (χ2n) is 16.5. The summed E-state index contributed by atoms with van der Waals surface area (Å²) in [7, 11) is -2.41. The Bertz CT molecular complexity index is 2000. The van der Waals surface area contributed by atoms with Crippen LogP contribution in [0, 0.1) is 17.8 Å². The summed E-state index contributed by atoms with van der Waals surface area (Å²) >= 11 is 0. The molecule has 2 saturated heterocycles. The molecule has 2 aromatic rings. The number of nitrogens with one attached hydrogen (secondary N) is 3. The summed E-state index contributed by atoms with van der Waals surface area (Å²) in [5.41, 5.74) is -1.54. The van der Waals surface area contributed by atoms with Crippen LogP contribution in [0.3, 0.4) is 0 Å². The van der Waals surface area contributed by atoms with Crippen LogP contribution in [-0.4, -0.2) is 102 Å². The molecule has 55 heavy (non-hydrogen) atoms. The number of anilines is 1. The number of hydrogen-bond donors (Lipinski definition) is 4. The highest BCUT2D eigenvalue weighted by Gasteiger charge is 2.63. The molecule has 0 bridgehead atoms. The molecule has 16 heteroatoms.